The van der Waals surface area contributed by atoms with Crippen molar-refractivity contribution in [2.75, 3.05) is 0 Å². The van der Waals surface area contributed by atoms with Crippen LogP contribution in [0.3, 0.4) is 0 Å². The summed E-state index contributed by atoms with van der Waals surface area (Å²) in [5.74, 6) is 2.49. The molecular formula is C29H44O2. The van der Waals surface area contributed by atoms with Gasteiger partial charge in [-0.05, 0) is 103 Å². The molecule has 1 spiro atoms. The quantitative estimate of drug-likeness (QED) is 0.482. The fourth-order valence-corrected chi connectivity index (χ4v) is 8.50. The van der Waals surface area contributed by atoms with Gasteiger partial charge in [0, 0.05) is 0 Å². The van der Waals surface area contributed by atoms with Gasteiger partial charge >= 0.3 is 0 Å². The number of hydrogen-bond donors (Lipinski definition) is 1. The summed E-state index contributed by atoms with van der Waals surface area (Å²) in [7, 11) is 0. The van der Waals surface area contributed by atoms with Gasteiger partial charge in [0.25, 0.3) is 0 Å². The van der Waals surface area contributed by atoms with Crippen LogP contribution in [0, 0.1) is 34.5 Å². The summed E-state index contributed by atoms with van der Waals surface area (Å²) in [6.45, 7) is 18.4. The molecule has 2 fully saturated rings. The van der Waals surface area contributed by atoms with Crippen LogP contribution in [-0.2, 0) is 4.74 Å². The fraction of sp³-hybridized carbons (Fsp3) is 0.793. The Morgan fingerprint density at radius 3 is 2.68 bits per heavy atom. The molecule has 1 saturated heterocycles. The van der Waals surface area contributed by atoms with Crippen molar-refractivity contribution in [1.82, 2.24) is 0 Å². The zero-order valence-corrected chi connectivity index (χ0v) is 20.8. The highest BCUT2D eigenvalue weighted by molar-refractivity contribution is 5.55. The normalized spacial score (nSPS) is 43.5. The lowest BCUT2D eigenvalue weighted by atomic mass is 9.47. The summed E-state index contributed by atoms with van der Waals surface area (Å²) in [6, 6.07) is 0. The maximum absolute atomic E-state index is 10.7. The van der Waals surface area contributed by atoms with Gasteiger partial charge in [0.15, 0.2) is 0 Å². The first-order chi connectivity index (χ1) is 14.5. The maximum Gasteiger partial charge on any atom is 0.0965 e. The average Bonchev–Trinajstić information content (AvgIpc) is 3.04. The number of aliphatic hydroxyl groups is 1. The van der Waals surface area contributed by atoms with Crippen LogP contribution in [0.5, 0.6) is 0 Å². The Hall–Kier alpha value is -0.860. The van der Waals surface area contributed by atoms with Gasteiger partial charge in [-0.2, -0.15) is 0 Å². The first-order valence-corrected chi connectivity index (χ1v) is 13.0. The van der Waals surface area contributed by atoms with Crippen molar-refractivity contribution in [2.24, 2.45) is 34.5 Å². The average molecular weight is 425 g/mol. The summed E-state index contributed by atoms with van der Waals surface area (Å²) >= 11 is 0. The van der Waals surface area contributed by atoms with E-state index in [1.165, 1.54) is 24.8 Å². The third-order valence-corrected chi connectivity index (χ3v) is 10.6. The fourth-order valence-electron chi connectivity index (χ4n) is 8.50. The maximum atomic E-state index is 10.7. The molecule has 5 aliphatic rings. The highest BCUT2D eigenvalue weighted by atomic mass is 16.5. The summed E-state index contributed by atoms with van der Waals surface area (Å²) in [5, 5.41) is 10.7. The van der Waals surface area contributed by atoms with Gasteiger partial charge in [0.2, 0.25) is 0 Å². The zero-order chi connectivity index (χ0) is 22.3. The molecule has 1 N–H and O–H groups in total. The number of hydrogen-bond acceptors (Lipinski definition) is 2. The molecule has 5 rings (SSSR count). The summed E-state index contributed by atoms with van der Waals surface area (Å²) in [6.07, 6.45) is 11.8. The van der Waals surface area contributed by atoms with Crippen LogP contribution in [0.2, 0.25) is 0 Å². The van der Waals surface area contributed by atoms with Crippen molar-refractivity contribution in [3.8, 4) is 0 Å². The molecule has 31 heavy (non-hydrogen) atoms. The topological polar surface area (TPSA) is 29.5 Å². The van der Waals surface area contributed by atoms with Crippen molar-refractivity contribution in [3.63, 3.8) is 0 Å². The van der Waals surface area contributed by atoms with E-state index in [0.717, 1.165) is 38.0 Å². The molecule has 0 aromatic rings. The Labute approximate surface area is 190 Å². The van der Waals surface area contributed by atoms with Crippen LogP contribution in [0.25, 0.3) is 0 Å². The lowest BCUT2D eigenvalue weighted by Gasteiger charge is -2.67. The minimum atomic E-state index is -0.196. The van der Waals surface area contributed by atoms with Gasteiger partial charge in [0.1, 0.15) is 0 Å². The van der Waals surface area contributed by atoms with Gasteiger partial charge in [-0.1, -0.05) is 59.8 Å². The van der Waals surface area contributed by atoms with E-state index in [4.69, 9.17) is 4.74 Å². The molecule has 1 aliphatic heterocycles. The summed E-state index contributed by atoms with van der Waals surface area (Å²) in [5.41, 5.74) is 6.57. The monoisotopic (exact) mass is 424 g/mol. The minimum Gasteiger partial charge on any atom is -0.393 e. The van der Waals surface area contributed by atoms with E-state index >= 15 is 0 Å². The molecule has 4 aliphatic carbocycles. The van der Waals surface area contributed by atoms with Crippen LogP contribution in [0.15, 0.2) is 34.9 Å². The third-order valence-electron chi connectivity index (χ3n) is 10.6. The summed E-state index contributed by atoms with van der Waals surface area (Å²) < 4.78 is 6.91. The first kappa shape index (κ1) is 22.0. The molecule has 0 amide bonds. The number of rotatable bonds is 5. The second kappa shape index (κ2) is 7.07. The molecule has 172 valence electrons. The lowest BCUT2D eigenvalue weighted by Crippen LogP contribution is -2.69. The second-order valence-corrected chi connectivity index (χ2v) is 12.8. The van der Waals surface area contributed by atoms with Gasteiger partial charge in [0.05, 0.1) is 17.8 Å². The molecule has 0 aromatic heterocycles. The zero-order valence-electron chi connectivity index (χ0n) is 20.8. The third kappa shape index (κ3) is 2.89. The number of allylic oxidation sites excluding steroid dienone is 4. The predicted octanol–water partition coefficient (Wildman–Crippen LogP) is 7.00. The van der Waals surface area contributed by atoms with Crippen molar-refractivity contribution in [2.45, 2.75) is 111 Å². The van der Waals surface area contributed by atoms with E-state index in [0.29, 0.717) is 23.9 Å². The number of aliphatic hydroxyl groups excluding tert-OH is 1. The number of fused-ring (bicyclic) bond motifs is 2. The Morgan fingerprint density at radius 1 is 1.23 bits per heavy atom. The highest BCUT2D eigenvalue weighted by Crippen LogP contribution is 2.69. The molecule has 1 heterocycles. The molecule has 0 radical (unpaired) electrons. The Balaban J connectivity index is 1.41. The van der Waals surface area contributed by atoms with E-state index in [9.17, 15) is 5.11 Å². The van der Waals surface area contributed by atoms with Gasteiger partial charge < -0.3 is 9.84 Å². The molecular weight excluding hydrogens is 380 g/mol. The van der Waals surface area contributed by atoms with Crippen LogP contribution < -0.4 is 0 Å². The Bertz CT molecular complexity index is 845. The molecule has 2 heteroatoms. The highest BCUT2D eigenvalue weighted by Gasteiger charge is 2.68. The standard InChI is InChI=1S/C29H44O2/c1-17(2)18(3)8-9-19(4)21-11-12-22-20-10-13-24-27(5,6)25(30)14-15-29(24)26(20)23(31-29)16-28(21,22)7/h12,17,19,21,23-25,30H,3,8-11,13-16H2,1-2,4-7H3/t19-,21?,23?,24?,25+,28?,29?/m1/s1. The minimum absolute atomic E-state index is 0.0532. The van der Waals surface area contributed by atoms with E-state index in [1.54, 1.807) is 16.7 Å². The SMILES string of the molecule is C=C(CC[C@@H](C)C1CC=C2C3=C4C(CC21C)OC41CC[C@H](O)C(C)(C)C1CC3)C(C)C. The van der Waals surface area contributed by atoms with Crippen molar-refractivity contribution in [1.29, 1.82) is 0 Å². The van der Waals surface area contributed by atoms with Gasteiger partial charge in [-0.3, -0.25) is 0 Å². The lowest BCUT2D eigenvalue weighted by molar-refractivity contribution is -0.249. The largest absolute Gasteiger partial charge is 0.393 e. The van der Waals surface area contributed by atoms with Crippen LogP contribution >= 0.6 is 0 Å². The van der Waals surface area contributed by atoms with E-state index in [2.05, 4.69) is 54.2 Å². The summed E-state index contributed by atoms with van der Waals surface area (Å²) in [4.78, 5) is 0. The first-order valence-electron chi connectivity index (χ1n) is 13.0. The van der Waals surface area contributed by atoms with Crippen molar-refractivity contribution >= 4 is 0 Å². The van der Waals surface area contributed by atoms with E-state index < -0.39 is 0 Å². The Morgan fingerprint density at radius 2 is 1.97 bits per heavy atom. The molecule has 7 atom stereocenters. The van der Waals surface area contributed by atoms with Crippen LogP contribution in [0.1, 0.15) is 92.9 Å². The molecule has 1 saturated carbocycles. The molecule has 2 nitrogen and oxygen atoms in total. The van der Waals surface area contributed by atoms with E-state index in [-0.39, 0.29) is 22.5 Å². The van der Waals surface area contributed by atoms with E-state index in [1.807, 2.05) is 0 Å². The Kier molecular flexibility index (Phi) is 5.01. The molecule has 0 aromatic carbocycles. The van der Waals surface area contributed by atoms with Crippen molar-refractivity contribution < 1.29 is 9.84 Å². The molecule has 5 unspecified atom stereocenters. The number of ether oxygens (including phenoxy) is 1. The predicted molar refractivity (Wildman–Crippen MR) is 128 cm³/mol. The van der Waals surface area contributed by atoms with Crippen molar-refractivity contribution in [3.05, 3.63) is 34.9 Å². The van der Waals surface area contributed by atoms with Crippen LogP contribution in [0.4, 0.5) is 0 Å². The second-order valence-electron chi connectivity index (χ2n) is 12.8. The van der Waals surface area contributed by atoms with Crippen LogP contribution in [-0.4, -0.2) is 22.9 Å². The van der Waals surface area contributed by atoms with Gasteiger partial charge in [-0.25, -0.2) is 0 Å². The molecule has 0 bridgehead atoms. The smallest absolute Gasteiger partial charge is 0.0965 e. The van der Waals surface area contributed by atoms with Gasteiger partial charge in [-0.15, -0.1) is 0 Å².